The number of anilines is 1. The second-order valence-corrected chi connectivity index (χ2v) is 6.39. The molecule has 2 rings (SSSR count). The Morgan fingerprint density at radius 2 is 1.78 bits per heavy atom. The van der Waals surface area contributed by atoms with Gasteiger partial charge in [0.05, 0.1) is 0 Å². The van der Waals surface area contributed by atoms with Crippen LogP contribution in [0.25, 0.3) is 0 Å². The van der Waals surface area contributed by atoms with Crippen LogP contribution in [0.4, 0.5) is 5.69 Å². The molecule has 0 atom stereocenters. The maximum atomic E-state index is 12.5. The van der Waals surface area contributed by atoms with Crippen LogP contribution in [-0.2, 0) is 16.1 Å². The second-order valence-electron chi connectivity index (χ2n) is 5.48. The molecule has 1 N–H and O–H groups in total. The fourth-order valence-corrected chi connectivity index (χ4v) is 2.55. The summed E-state index contributed by atoms with van der Waals surface area (Å²) in [6.07, 6.45) is 0. The van der Waals surface area contributed by atoms with Gasteiger partial charge < -0.3 is 10.2 Å². The van der Waals surface area contributed by atoms with Gasteiger partial charge in [0.2, 0.25) is 0 Å². The number of nitrogens with one attached hydrogen (secondary N) is 1. The summed E-state index contributed by atoms with van der Waals surface area (Å²) in [6, 6.07) is 16.7. The van der Waals surface area contributed by atoms with E-state index >= 15 is 0 Å². The molecular formula is C18H19BrN2O2. The summed E-state index contributed by atoms with van der Waals surface area (Å²) in [7, 11) is 0. The SMILES string of the molecule is CC(C)N(Cc1ccccc1)C(=O)C(=O)Nc1cccc(Br)c1. The van der Waals surface area contributed by atoms with Gasteiger partial charge in [0.25, 0.3) is 0 Å². The van der Waals surface area contributed by atoms with Gasteiger partial charge in [-0.25, -0.2) is 0 Å². The van der Waals surface area contributed by atoms with Gasteiger partial charge in [-0.05, 0) is 37.6 Å². The standard InChI is InChI=1S/C18H19BrN2O2/c1-13(2)21(12-14-7-4-3-5-8-14)18(23)17(22)20-16-10-6-9-15(19)11-16/h3-11,13H,12H2,1-2H3,(H,20,22). The molecule has 0 spiro atoms. The third-order valence-electron chi connectivity index (χ3n) is 3.36. The molecule has 2 aromatic carbocycles. The van der Waals surface area contributed by atoms with Gasteiger partial charge in [0, 0.05) is 22.7 Å². The Bertz CT molecular complexity index is 686. The Labute approximate surface area is 144 Å². The largest absolute Gasteiger partial charge is 0.328 e. The molecule has 120 valence electrons. The highest BCUT2D eigenvalue weighted by molar-refractivity contribution is 9.10. The zero-order valence-corrected chi connectivity index (χ0v) is 14.7. The van der Waals surface area contributed by atoms with Crippen molar-refractivity contribution >= 4 is 33.4 Å². The first kappa shape index (κ1) is 17.2. The first-order chi connectivity index (χ1) is 11.0. The van der Waals surface area contributed by atoms with Crippen LogP contribution in [-0.4, -0.2) is 22.8 Å². The monoisotopic (exact) mass is 374 g/mol. The van der Waals surface area contributed by atoms with Crippen molar-refractivity contribution in [2.75, 3.05) is 5.32 Å². The molecule has 0 aliphatic heterocycles. The quantitative estimate of drug-likeness (QED) is 0.826. The number of amides is 2. The highest BCUT2D eigenvalue weighted by atomic mass is 79.9. The average Bonchev–Trinajstić information content (AvgIpc) is 2.52. The zero-order chi connectivity index (χ0) is 16.8. The Morgan fingerprint density at radius 1 is 1.09 bits per heavy atom. The van der Waals surface area contributed by atoms with Crippen molar-refractivity contribution in [2.24, 2.45) is 0 Å². The van der Waals surface area contributed by atoms with Crippen LogP contribution < -0.4 is 5.32 Å². The third kappa shape index (κ3) is 4.93. The number of hydrogen-bond acceptors (Lipinski definition) is 2. The Kier molecular flexibility index (Phi) is 5.93. The summed E-state index contributed by atoms with van der Waals surface area (Å²) >= 11 is 3.34. The molecule has 0 fully saturated rings. The molecule has 0 saturated heterocycles. The predicted octanol–water partition coefficient (Wildman–Crippen LogP) is 3.82. The van der Waals surface area contributed by atoms with Gasteiger partial charge in [-0.2, -0.15) is 0 Å². The predicted molar refractivity (Wildman–Crippen MR) is 94.9 cm³/mol. The van der Waals surface area contributed by atoms with Crippen LogP contribution in [0.1, 0.15) is 19.4 Å². The summed E-state index contributed by atoms with van der Waals surface area (Å²) in [4.78, 5) is 26.3. The van der Waals surface area contributed by atoms with Crippen molar-refractivity contribution in [2.45, 2.75) is 26.4 Å². The highest BCUT2D eigenvalue weighted by Gasteiger charge is 2.24. The van der Waals surface area contributed by atoms with Gasteiger partial charge in [-0.1, -0.05) is 52.3 Å². The topological polar surface area (TPSA) is 49.4 Å². The first-order valence-electron chi connectivity index (χ1n) is 7.39. The lowest BCUT2D eigenvalue weighted by molar-refractivity contribution is -0.144. The fourth-order valence-electron chi connectivity index (χ4n) is 2.15. The summed E-state index contributed by atoms with van der Waals surface area (Å²) in [5.41, 5.74) is 1.57. The van der Waals surface area contributed by atoms with Crippen molar-refractivity contribution in [1.29, 1.82) is 0 Å². The minimum atomic E-state index is -0.632. The van der Waals surface area contributed by atoms with Crippen molar-refractivity contribution in [3.8, 4) is 0 Å². The Morgan fingerprint density at radius 3 is 2.39 bits per heavy atom. The van der Waals surface area contributed by atoms with Crippen LogP contribution in [0.15, 0.2) is 59.1 Å². The summed E-state index contributed by atoms with van der Waals surface area (Å²) in [5, 5.41) is 2.64. The van der Waals surface area contributed by atoms with E-state index in [4.69, 9.17) is 0 Å². The minimum Gasteiger partial charge on any atom is -0.328 e. The van der Waals surface area contributed by atoms with Crippen molar-refractivity contribution in [1.82, 2.24) is 4.90 Å². The van der Waals surface area contributed by atoms with Crippen LogP contribution in [0, 0.1) is 0 Å². The number of carbonyl (C=O) groups excluding carboxylic acids is 2. The summed E-state index contributed by atoms with van der Waals surface area (Å²) in [6.45, 7) is 4.20. The Hall–Kier alpha value is -2.14. The number of rotatable bonds is 4. The second kappa shape index (κ2) is 7.92. The van der Waals surface area contributed by atoms with E-state index in [0.29, 0.717) is 12.2 Å². The van der Waals surface area contributed by atoms with E-state index in [9.17, 15) is 9.59 Å². The van der Waals surface area contributed by atoms with Crippen LogP contribution >= 0.6 is 15.9 Å². The third-order valence-corrected chi connectivity index (χ3v) is 3.85. The van der Waals surface area contributed by atoms with Gasteiger partial charge in [0.15, 0.2) is 0 Å². The van der Waals surface area contributed by atoms with E-state index in [1.54, 1.807) is 23.1 Å². The molecular weight excluding hydrogens is 356 g/mol. The molecule has 2 aromatic rings. The smallest absolute Gasteiger partial charge is 0.313 e. The fraction of sp³-hybridized carbons (Fsp3) is 0.222. The van der Waals surface area contributed by atoms with E-state index in [2.05, 4.69) is 21.2 Å². The molecule has 0 saturated carbocycles. The molecule has 23 heavy (non-hydrogen) atoms. The molecule has 4 nitrogen and oxygen atoms in total. The summed E-state index contributed by atoms with van der Waals surface area (Å²) in [5.74, 6) is -1.17. The zero-order valence-electron chi connectivity index (χ0n) is 13.1. The molecule has 5 heteroatoms. The normalized spacial score (nSPS) is 10.4. The van der Waals surface area contributed by atoms with E-state index in [1.165, 1.54) is 0 Å². The molecule has 0 radical (unpaired) electrons. The molecule has 0 bridgehead atoms. The number of carbonyl (C=O) groups is 2. The maximum Gasteiger partial charge on any atom is 0.313 e. The van der Waals surface area contributed by atoms with E-state index in [-0.39, 0.29) is 6.04 Å². The van der Waals surface area contributed by atoms with Gasteiger partial charge >= 0.3 is 11.8 Å². The maximum absolute atomic E-state index is 12.5. The highest BCUT2D eigenvalue weighted by Crippen LogP contribution is 2.16. The van der Waals surface area contributed by atoms with Gasteiger partial charge in [-0.3, -0.25) is 9.59 Å². The molecule has 0 unspecified atom stereocenters. The van der Waals surface area contributed by atoms with Gasteiger partial charge in [0.1, 0.15) is 0 Å². The van der Waals surface area contributed by atoms with Crippen LogP contribution in [0.2, 0.25) is 0 Å². The lowest BCUT2D eigenvalue weighted by Gasteiger charge is -2.26. The molecule has 0 aliphatic carbocycles. The average molecular weight is 375 g/mol. The first-order valence-corrected chi connectivity index (χ1v) is 8.18. The van der Waals surface area contributed by atoms with E-state index < -0.39 is 11.8 Å². The number of nitrogens with zero attached hydrogens (tertiary/aromatic N) is 1. The van der Waals surface area contributed by atoms with Crippen molar-refractivity contribution < 1.29 is 9.59 Å². The number of halogens is 1. The van der Waals surface area contributed by atoms with E-state index in [0.717, 1.165) is 10.0 Å². The molecule has 0 heterocycles. The van der Waals surface area contributed by atoms with Crippen LogP contribution in [0.5, 0.6) is 0 Å². The molecule has 0 aromatic heterocycles. The van der Waals surface area contributed by atoms with Gasteiger partial charge in [-0.15, -0.1) is 0 Å². The Balaban J connectivity index is 2.09. The van der Waals surface area contributed by atoms with Crippen molar-refractivity contribution in [3.63, 3.8) is 0 Å². The molecule has 0 aliphatic rings. The van der Waals surface area contributed by atoms with Crippen molar-refractivity contribution in [3.05, 3.63) is 64.6 Å². The minimum absolute atomic E-state index is 0.0732. The number of benzene rings is 2. The molecule has 2 amide bonds. The lowest BCUT2D eigenvalue weighted by Crippen LogP contribution is -2.43. The summed E-state index contributed by atoms with van der Waals surface area (Å²) < 4.78 is 0.841. The number of hydrogen-bond donors (Lipinski definition) is 1. The van der Waals surface area contributed by atoms with E-state index in [1.807, 2.05) is 50.2 Å². The lowest BCUT2D eigenvalue weighted by atomic mass is 10.2. The van der Waals surface area contributed by atoms with Crippen LogP contribution in [0.3, 0.4) is 0 Å².